The number of hydrogen-bond acceptors (Lipinski definition) is 3. The van der Waals surface area contributed by atoms with E-state index < -0.39 is 12.1 Å². The van der Waals surface area contributed by atoms with Gasteiger partial charge in [0.2, 0.25) is 6.10 Å². The van der Waals surface area contributed by atoms with E-state index in [-0.39, 0.29) is 5.91 Å². The number of anilines is 1. The Morgan fingerprint density at radius 3 is 2.47 bits per heavy atom. The topological polar surface area (TPSA) is 55.4 Å². The molecule has 1 aliphatic heterocycles. The number of amides is 1. The maximum absolute atomic E-state index is 12.1. The zero-order valence-corrected chi connectivity index (χ0v) is 10.00. The molecule has 2 aromatic rings. The van der Waals surface area contributed by atoms with Gasteiger partial charge in [-0.3, -0.25) is 4.79 Å². The third-order valence-electron chi connectivity index (χ3n) is 2.97. The molecule has 0 aliphatic carbocycles. The van der Waals surface area contributed by atoms with Crippen molar-refractivity contribution in [2.24, 2.45) is 0 Å². The average molecular weight is 253 g/mol. The van der Waals surface area contributed by atoms with E-state index in [9.17, 15) is 9.59 Å². The highest BCUT2D eigenvalue weighted by molar-refractivity contribution is 6.03. The van der Waals surface area contributed by atoms with Gasteiger partial charge in [0.25, 0.3) is 5.91 Å². The Morgan fingerprint density at radius 1 is 1.00 bits per heavy atom. The monoisotopic (exact) mass is 253 g/mol. The quantitative estimate of drug-likeness (QED) is 0.837. The summed E-state index contributed by atoms with van der Waals surface area (Å²) in [6.45, 7) is 0. The second kappa shape index (κ2) is 4.57. The molecule has 0 radical (unpaired) electrons. The summed E-state index contributed by atoms with van der Waals surface area (Å²) in [6, 6.07) is 16.0. The van der Waals surface area contributed by atoms with Crippen LogP contribution in [0.4, 0.5) is 5.69 Å². The van der Waals surface area contributed by atoms with E-state index in [4.69, 9.17) is 4.74 Å². The van der Waals surface area contributed by atoms with Gasteiger partial charge >= 0.3 is 5.97 Å². The molecule has 0 fully saturated rings. The second-order valence-electron chi connectivity index (χ2n) is 4.23. The molecule has 1 heterocycles. The molecule has 4 heteroatoms. The minimum absolute atomic E-state index is 0.343. The van der Waals surface area contributed by atoms with Crippen LogP contribution in [0.5, 0.6) is 0 Å². The molecule has 1 atom stereocenters. The van der Waals surface area contributed by atoms with Crippen molar-refractivity contribution in [1.29, 1.82) is 0 Å². The summed E-state index contributed by atoms with van der Waals surface area (Å²) in [5.74, 6) is -0.798. The van der Waals surface area contributed by atoms with Crippen LogP contribution in [0, 0.1) is 0 Å². The Kier molecular flexibility index (Phi) is 2.76. The van der Waals surface area contributed by atoms with E-state index in [1.165, 1.54) is 0 Å². The summed E-state index contributed by atoms with van der Waals surface area (Å²) in [5.41, 5.74) is 1.74. The van der Waals surface area contributed by atoms with Gasteiger partial charge in [0, 0.05) is 11.3 Å². The van der Waals surface area contributed by atoms with Crippen LogP contribution in [-0.2, 0) is 9.53 Å². The Labute approximate surface area is 110 Å². The number of carbonyl (C=O) groups is 2. The van der Waals surface area contributed by atoms with Crippen molar-refractivity contribution >= 4 is 17.6 Å². The van der Waals surface area contributed by atoms with E-state index in [1.807, 2.05) is 18.2 Å². The molecule has 1 amide bonds. The van der Waals surface area contributed by atoms with Crippen molar-refractivity contribution in [2.45, 2.75) is 6.10 Å². The number of nitrogens with one attached hydrogen (secondary N) is 1. The van der Waals surface area contributed by atoms with Gasteiger partial charge in [-0.15, -0.1) is 0 Å². The third-order valence-corrected chi connectivity index (χ3v) is 2.97. The van der Waals surface area contributed by atoms with Gasteiger partial charge in [-0.2, -0.15) is 0 Å². The summed E-state index contributed by atoms with van der Waals surface area (Å²) < 4.78 is 5.11. The molecule has 3 rings (SSSR count). The van der Waals surface area contributed by atoms with Crippen molar-refractivity contribution in [3.8, 4) is 0 Å². The molecule has 0 saturated carbocycles. The number of carbonyl (C=O) groups excluding carboxylic acids is 2. The predicted octanol–water partition coefficient (Wildman–Crippen LogP) is 2.54. The third kappa shape index (κ3) is 2.08. The lowest BCUT2D eigenvalue weighted by Crippen LogP contribution is -2.21. The minimum atomic E-state index is -0.871. The Bertz CT molecular complexity index is 637. The fourth-order valence-electron chi connectivity index (χ4n) is 2.07. The van der Waals surface area contributed by atoms with Crippen LogP contribution >= 0.6 is 0 Å². The lowest BCUT2D eigenvalue weighted by molar-refractivity contribution is -0.124. The lowest BCUT2D eigenvalue weighted by atomic mass is 10.0. The molecule has 0 unspecified atom stereocenters. The fraction of sp³-hybridized carbons (Fsp3) is 0.0667. The van der Waals surface area contributed by atoms with Gasteiger partial charge in [0.05, 0.1) is 5.56 Å². The smallest absolute Gasteiger partial charge is 0.339 e. The highest BCUT2D eigenvalue weighted by Crippen LogP contribution is 2.31. The van der Waals surface area contributed by atoms with E-state index in [2.05, 4.69) is 5.32 Å². The summed E-state index contributed by atoms with van der Waals surface area (Å²) in [5, 5.41) is 2.73. The van der Waals surface area contributed by atoms with Crippen LogP contribution < -0.4 is 5.32 Å². The van der Waals surface area contributed by atoms with E-state index in [0.29, 0.717) is 16.8 Å². The summed E-state index contributed by atoms with van der Waals surface area (Å²) in [6.07, 6.45) is -0.871. The number of hydrogen-bond donors (Lipinski definition) is 1. The molecule has 0 bridgehead atoms. The Hall–Kier alpha value is -2.62. The highest BCUT2D eigenvalue weighted by atomic mass is 16.6. The van der Waals surface area contributed by atoms with Crippen LogP contribution in [0.1, 0.15) is 22.0 Å². The first-order valence-electron chi connectivity index (χ1n) is 5.91. The van der Waals surface area contributed by atoms with Crippen molar-refractivity contribution in [3.63, 3.8) is 0 Å². The predicted molar refractivity (Wildman–Crippen MR) is 69.7 cm³/mol. The zero-order valence-electron chi connectivity index (χ0n) is 10.00. The number of cyclic esters (lactones) is 1. The maximum Gasteiger partial charge on any atom is 0.339 e. The largest absolute Gasteiger partial charge is 0.444 e. The summed E-state index contributed by atoms with van der Waals surface area (Å²) in [7, 11) is 0. The van der Waals surface area contributed by atoms with Crippen LogP contribution in [-0.4, -0.2) is 11.9 Å². The number of esters is 1. The van der Waals surface area contributed by atoms with Crippen LogP contribution in [0.25, 0.3) is 0 Å². The standard InChI is InChI=1S/C15H11NO3/c17-14(16-10-6-2-1-3-7-10)13-11-8-4-5-9-12(11)15(18)19-13/h1-9,13H,(H,16,17)/t13-/m0/s1. The van der Waals surface area contributed by atoms with Crippen molar-refractivity contribution in [1.82, 2.24) is 0 Å². The van der Waals surface area contributed by atoms with Crippen LogP contribution in [0.2, 0.25) is 0 Å². The first kappa shape index (κ1) is 11.5. The summed E-state index contributed by atoms with van der Waals surface area (Å²) >= 11 is 0. The van der Waals surface area contributed by atoms with Crippen molar-refractivity contribution < 1.29 is 14.3 Å². The van der Waals surface area contributed by atoms with Crippen LogP contribution in [0.15, 0.2) is 54.6 Å². The molecular weight excluding hydrogens is 242 g/mol. The molecule has 4 nitrogen and oxygen atoms in total. The SMILES string of the molecule is O=C1O[C@H](C(=O)Nc2ccccc2)c2ccccc21. The normalized spacial score (nSPS) is 16.6. The van der Waals surface area contributed by atoms with Crippen molar-refractivity contribution in [3.05, 3.63) is 65.7 Å². The average Bonchev–Trinajstić information content (AvgIpc) is 2.78. The van der Waals surface area contributed by atoms with Crippen molar-refractivity contribution in [2.75, 3.05) is 5.32 Å². The maximum atomic E-state index is 12.1. The molecule has 0 spiro atoms. The summed E-state index contributed by atoms with van der Waals surface area (Å²) in [4.78, 5) is 23.8. The Morgan fingerprint density at radius 2 is 1.68 bits per heavy atom. The Balaban J connectivity index is 1.85. The zero-order chi connectivity index (χ0) is 13.2. The highest BCUT2D eigenvalue weighted by Gasteiger charge is 2.35. The molecule has 94 valence electrons. The van der Waals surface area contributed by atoms with Gasteiger partial charge in [-0.25, -0.2) is 4.79 Å². The number of ether oxygens (including phenoxy) is 1. The van der Waals surface area contributed by atoms with Gasteiger partial charge in [-0.1, -0.05) is 36.4 Å². The van der Waals surface area contributed by atoms with E-state index in [1.54, 1.807) is 36.4 Å². The first-order valence-corrected chi connectivity index (χ1v) is 5.91. The number of fused-ring (bicyclic) bond motifs is 1. The van der Waals surface area contributed by atoms with Gasteiger partial charge in [0.15, 0.2) is 0 Å². The number of benzene rings is 2. The van der Waals surface area contributed by atoms with E-state index in [0.717, 1.165) is 0 Å². The first-order chi connectivity index (χ1) is 9.25. The number of para-hydroxylation sites is 1. The van der Waals surface area contributed by atoms with Gasteiger partial charge in [-0.05, 0) is 18.2 Å². The molecular formula is C15H11NO3. The van der Waals surface area contributed by atoms with Gasteiger partial charge < -0.3 is 10.1 Å². The minimum Gasteiger partial charge on any atom is -0.444 e. The fourth-order valence-corrected chi connectivity index (χ4v) is 2.07. The molecule has 0 aromatic heterocycles. The van der Waals surface area contributed by atoms with Crippen LogP contribution in [0.3, 0.4) is 0 Å². The molecule has 1 aliphatic rings. The number of rotatable bonds is 2. The molecule has 0 saturated heterocycles. The molecule has 19 heavy (non-hydrogen) atoms. The van der Waals surface area contributed by atoms with Gasteiger partial charge in [0.1, 0.15) is 0 Å². The lowest BCUT2D eigenvalue weighted by Gasteiger charge is -2.11. The molecule has 2 aromatic carbocycles. The second-order valence-corrected chi connectivity index (χ2v) is 4.23. The molecule has 1 N–H and O–H groups in total. The van der Waals surface area contributed by atoms with E-state index >= 15 is 0 Å².